The van der Waals surface area contributed by atoms with Crippen LogP contribution in [-0.4, -0.2) is 34.4 Å². The number of anilines is 3. The second kappa shape index (κ2) is 15.8. The molecule has 0 saturated heterocycles. The summed E-state index contributed by atoms with van der Waals surface area (Å²) in [5, 5.41) is 22.7. The van der Waals surface area contributed by atoms with Crippen molar-refractivity contribution in [2.75, 3.05) is 23.4 Å². The van der Waals surface area contributed by atoms with Gasteiger partial charge in [0, 0.05) is 29.5 Å². The topological polar surface area (TPSA) is 96.8 Å². The molecule has 8 nitrogen and oxygen atoms in total. The van der Waals surface area contributed by atoms with Crippen molar-refractivity contribution in [1.29, 1.82) is 0 Å². The van der Waals surface area contributed by atoms with Crippen molar-refractivity contribution in [3.8, 4) is 27.8 Å². The Balaban J connectivity index is 1.22. The van der Waals surface area contributed by atoms with Gasteiger partial charge in [-0.05, 0) is 91.2 Å². The largest absolute Gasteiger partial charge is 0.482 e. The maximum absolute atomic E-state index is 13.2. The summed E-state index contributed by atoms with van der Waals surface area (Å²) in [6.07, 6.45) is -3.72. The molecule has 2 N–H and O–H groups in total. The number of carboxylic acids is 1. The Kier molecular flexibility index (Phi) is 10.8. The van der Waals surface area contributed by atoms with Gasteiger partial charge in [-0.25, -0.2) is 4.79 Å². The number of hydrogen-bond donors (Lipinski definition) is 2. The van der Waals surface area contributed by atoms with E-state index >= 15 is 0 Å². The molecule has 1 heterocycles. The van der Waals surface area contributed by atoms with Crippen LogP contribution in [0.3, 0.4) is 0 Å². The second-order valence-corrected chi connectivity index (χ2v) is 12.6. The molecule has 0 radical (unpaired) electrons. The second-order valence-electron chi connectivity index (χ2n) is 11.6. The van der Waals surface area contributed by atoms with Crippen LogP contribution < -0.4 is 19.7 Å². The van der Waals surface area contributed by atoms with Gasteiger partial charge >= 0.3 is 12.1 Å². The smallest absolute Gasteiger partial charge is 0.416 e. The number of nitrogens with zero attached hydrogens (tertiary/aromatic N) is 3. The molecule has 0 fully saturated rings. The number of alkyl halides is 3. The predicted octanol–water partition coefficient (Wildman–Crippen LogP) is 10.0. The van der Waals surface area contributed by atoms with Crippen molar-refractivity contribution in [3.05, 3.63) is 144 Å². The summed E-state index contributed by atoms with van der Waals surface area (Å²) in [6.45, 7) is 2.27. The molecule has 0 bridgehead atoms. The number of benzene rings is 5. The van der Waals surface area contributed by atoms with E-state index in [0.29, 0.717) is 28.2 Å². The summed E-state index contributed by atoms with van der Waals surface area (Å²) < 4.78 is 50.8. The first-order chi connectivity index (χ1) is 24.6. The zero-order valence-electron chi connectivity index (χ0n) is 27.4. The Morgan fingerprint density at radius 1 is 0.843 bits per heavy atom. The minimum absolute atomic E-state index is 0.0729. The van der Waals surface area contributed by atoms with Crippen LogP contribution >= 0.6 is 11.3 Å². The summed E-state index contributed by atoms with van der Waals surface area (Å²) in [6, 6.07) is 37.2. The van der Waals surface area contributed by atoms with E-state index in [4.69, 9.17) is 14.6 Å². The molecule has 0 aliphatic heterocycles. The van der Waals surface area contributed by atoms with Crippen LogP contribution in [0.5, 0.6) is 17.2 Å². The zero-order chi connectivity index (χ0) is 35.8. The van der Waals surface area contributed by atoms with Crippen molar-refractivity contribution in [2.45, 2.75) is 25.6 Å². The zero-order valence-corrected chi connectivity index (χ0v) is 28.2. The highest BCUT2D eigenvalue weighted by Crippen LogP contribution is 2.37. The van der Waals surface area contributed by atoms with Gasteiger partial charge in [-0.15, -0.1) is 10.2 Å². The average Bonchev–Trinajstić information content (AvgIpc) is 3.62. The molecule has 6 aromatic rings. The van der Waals surface area contributed by atoms with Gasteiger partial charge in [0.15, 0.2) is 6.61 Å². The molecule has 0 aliphatic carbocycles. The number of carbonyl (C=O) groups is 1. The Hall–Kier alpha value is -5.88. The van der Waals surface area contributed by atoms with Gasteiger partial charge in [0.05, 0.1) is 5.56 Å². The highest BCUT2D eigenvalue weighted by Gasteiger charge is 2.30. The lowest BCUT2D eigenvalue weighted by molar-refractivity contribution is -0.139. The van der Waals surface area contributed by atoms with E-state index in [1.165, 1.54) is 29.0 Å². The van der Waals surface area contributed by atoms with E-state index in [2.05, 4.69) is 45.5 Å². The molecule has 260 valence electrons. The standard InChI is InChI=1S/C39H33F3N4O4S/c1-26(43-31-16-18-33(19-17-31)49-25-36(47)48)28-10-5-13-32(22-28)46(21-20-27-8-3-2-4-9-27)38-45-44-37(51-38)29-11-6-14-34(23-29)50-35-15-7-12-30(24-35)39(40,41)42/h2-19,22-24,26,43H,20-21,25H2,1H3,(H,47,48). The molecule has 1 atom stereocenters. The van der Waals surface area contributed by atoms with Crippen molar-refractivity contribution in [3.63, 3.8) is 0 Å². The number of nitrogens with one attached hydrogen (secondary N) is 1. The van der Waals surface area contributed by atoms with E-state index in [9.17, 15) is 18.0 Å². The maximum atomic E-state index is 13.2. The number of ether oxygens (including phenoxy) is 2. The summed E-state index contributed by atoms with van der Waals surface area (Å²) >= 11 is 1.40. The van der Waals surface area contributed by atoms with Gasteiger partial charge in [-0.2, -0.15) is 13.2 Å². The summed E-state index contributed by atoms with van der Waals surface area (Å²) in [5.41, 5.74) is 3.93. The van der Waals surface area contributed by atoms with E-state index in [1.807, 2.05) is 54.6 Å². The van der Waals surface area contributed by atoms with Gasteiger partial charge in [-0.3, -0.25) is 0 Å². The van der Waals surface area contributed by atoms with Crippen LogP contribution in [0, 0.1) is 0 Å². The minimum Gasteiger partial charge on any atom is -0.482 e. The van der Waals surface area contributed by atoms with E-state index < -0.39 is 24.3 Å². The minimum atomic E-state index is -4.47. The molecule has 0 spiro atoms. The van der Waals surface area contributed by atoms with E-state index in [1.54, 1.807) is 30.3 Å². The molecule has 1 unspecified atom stereocenters. The van der Waals surface area contributed by atoms with Crippen molar-refractivity contribution < 1.29 is 32.5 Å². The first-order valence-electron chi connectivity index (χ1n) is 16.0. The molecule has 1 aromatic heterocycles. The number of halogens is 3. The molecule has 5 aromatic carbocycles. The lowest BCUT2D eigenvalue weighted by Crippen LogP contribution is -2.20. The fraction of sp³-hybridized carbons (Fsp3) is 0.154. The monoisotopic (exact) mass is 710 g/mol. The third-order valence-corrected chi connectivity index (χ3v) is 8.87. The molecule has 0 amide bonds. The Morgan fingerprint density at radius 2 is 1.57 bits per heavy atom. The summed E-state index contributed by atoms with van der Waals surface area (Å²) in [4.78, 5) is 12.9. The van der Waals surface area contributed by atoms with Crippen molar-refractivity contribution >= 4 is 33.8 Å². The lowest BCUT2D eigenvalue weighted by atomic mass is 10.1. The fourth-order valence-electron chi connectivity index (χ4n) is 5.31. The molecular weight excluding hydrogens is 678 g/mol. The number of rotatable bonds is 14. The van der Waals surface area contributed by atoms with Crippen LogP contribution in [0.4, 0.5) is 29.7 Å². The van der Waals surface area contributed by atoms with Gasteiger partial charge in [-0.1, -0.05) is 72.0 Å². The number of carboxylic acid groups (broad SMARTS) is 1. The van der Waals surface area contributed by atoms with Gasteiger partial charge in [0.2, 0.25) is 5.13 Å². The first-order valence-corrected chi connectivity index (χ1v) is 16.8. The molecule has 0 aliphatic rings. The Morgan fingerprint density at radius 3 is 2.31 bits per heavy atom. The highest BCUT2D eigenvalue weighted by molar-refractivity contribution is 7.18. The van der Waals surface area contributed by atoms with Crippen LogP contribution in [-0.2, 0) is 17.4 Å². The maximum Gasteiger partial charge on any atom is 0.416 e. The third kappa shape index (κ3) is 9.43. The third-order valence-electron chi connectivity index (χ3n) is 7.87. The van der Waals surface area contributed by atoms with Crippen LogP contribution in [0.25, 0.3) is 10.6 Å². The molecular formula is C39H33F3N4O4S. The first kappa shape index (κ1) is 35.0. The number of aromatic nitrogens is 2. The summed E-state index contributed by atoms with van der Waals surface area (Å²) in [7, 11) is 0. The summed E-state index contributed by atoms with van der Waals surface area (Å²) in [5.74, 6) is -0.110. The quantitative estimate of drug-likeness (QED) is 0.115. The normalized spacial score (nSPS) is 11.8. The molecule has 6 rings (SSSR count). The van der Waals surface area contributed by atoms with Crippen LogP contribution in [0.2, 0.25) is 0 Å². The average molecular weight is 711 g/mol. The van der Waals surface area contributed by atoms with E-state index in [-0.39, 0.29) is 11.8 Å². The van der Waals surface area contributed by atoms with Gasteiger partial charge in [0.1, 0.15) is 22.3 Å². The fourth-order valence-corrected chi connectivity index (χ4v) is 6.20. The Labute approximate surface area is 296 Å². The molecule has 12 heteroatoms. The highest BCUT2D eigenvalue weighted by atomic mass is 32.1. The Bertz CT molecular complexity index is 2070. The predicted molar refractivity (Wildman–Crippen MR) is 192 cm³/mol. The van der Waals surface area contributed by atoms with E-state index in [0.717, 1.165) is 41.1 Å². The SMILES string of the molecule is CC(Nc1ccc(OCC(=O)O)cc1)c1cccc(N(CCc2ccccc2)c2nnc(-c3cccc(Oc4cccc(C(F)(F)F)c4)c3)s2)c1. The van der Waals surface area contributed by atoms with Crippen LogP contribution in [0.15, 0.2) is 127 Å². The van der Waals surface area contributed by atoms with Crippen LogP contribution in [0.1, 0.15) is 29.7 Å². The lowest BCUT2D eigenvalue weighted by Gasteiger charge is -2.24. The molecule has 0 saturated carbocycles. The number of aliphatic carboxylic acids is 1. The molecule has 51 heavy (non-hydrogen) atoms. The number of hydrogen-bond acceptors (Lipinski definition) is 8. The van der Waals surface area contributed by atoms with Gasteiger partial charge < -0.3 is 24.8 Å². The van der Waals surface area contributed by atoms with Crippen molar-refractivity contribution in [1.82, 2.24) is 10.2 Å². The van der Waals surface area contributed by atoms with Crippen molar-refractivity contribution in [2.24, 2.45) is 0 Å². The van der Waals surface area contributed by atoms with Gasteiger partial charge in [0.25, 0.3) is 0 Å².